The first kappa shape index (κ1) is 15.4. The number of hydrogen-bond donors (Lipinski definition) is 3. The molecule has 0 aliphatic heterocycles. The molecule has 0 saturated carbocycles. The Morgan fingerprint density at radius 3 is 2.71 bits per heavy atom. The van der Waals surface area contributed by atoms with Gasteiger partial charge in [-0.2, -0.15) is 5.10 Å². The molecule has 21 heavy (non-hydrogen) atoms. The van der Waals surface area contributed by atoms with Crippen molar-refractivity contribution in [2.24, 2.45) is 5.10 Å². The summed E-state index contributed by atoms with van der Waals surface area (Å²) in [5, 5.41) is 16.4. The Hall–Kier alpha value is -2.00. The minimum atomic E-state index is -0.0678. The van der Waals surface area contributed by atoms with Crippen molar-refractivity contribution in [3.05, 3.63) is 21.5 Å². The molecule has 0 fully saturated rings. The van der Waals surface area contributed by atoms with E-state index in [2.05, 4.69) is 31.4 Å². The van der Waals surface area contributed by atoms with Crippen molar-refractivity contribution in [2.45, 2.75) is 0 Å². The van der Waals surface area contributed by atoms with Crippen LogP contribution in [0, 0.1) is 0 Å². The van der Waals surface area contributed by atoms with Crippen LogP contribution in [0.15, 0.2) is 21.0 Å². The quantitative estimate of drug-likeness (QED) is 0.550. The van der Waals surface area contributed by atoms with Gasteiger partial charge in [0.05, 0.1) is 24.9 Å². The maximum atomic E-state index is 10.1. The smallest absolute Gasteiger partial charge is 0.205 e. The van der Waals surface area contributed by atoms with Crippen LogP contribution in [0.2, 0.25) is 0 Å². The second-order valence-electron chi connectivity index (χ2n) is 3.81. The fourth-order valence-electron chi connectivity index (χ4n) is 1.59. The monoisotopic (exact) mass is 372 g/mol. The first-order valence-electron chi connectivity index (χ1n) is 5.70. The highest BCUT2D eigenvalue weighted by Crippen LogP contribution is 2.43. The van der Waals surface area contributed by atoms with E-state index in [1.165, 1.54) is 31.8 Å². The maximum Gasteiger partial charge on any atom is 0.205 e. The Labute approximate surface area is 133 Å². The van der Waals surface area contributed by atoms with Gasteiger partial charge in [0.2, 0.25) is 10.9 Å². The number of ether oxygens (including phenoxy) is 2. The number of thiazole rings is 1. The molecular formula is C12H13BrN4O3S. The first-order chi connectivity index (χ1) is 10.1. The molecule has 0 spiro atoms. The fourth-order valence-corrected chi connectivity index (χ4v) is 2.73. The number of hydrogen-bond acceptors (Lipinski definition) is 8. The lowest BCUT2D eigenvalue weighted by Gasteiger charge is -2.12. The molecule has 2 rings (SSSR count). The number of phenolic OH excluding ortho intramolecular Hbond substituents is 1. The van der Waals surface area contributed by atoms with Gasteiger partial charge in [-0.15, -0.1) is 11.3 Å². The molecule has 1 heterocycles. The van der Waals surface area contributed by atoms with Crippen LogP contribution < -0.4 is 20.6 Å². The Balaban J connectivity index is 2.25. The lowest BCUT2D eigenvalue weighted by molar-refractivity contribution is 0.331. The van der Waals surface area contributed by atoms with Crippen LogP contribution in [0.1, 0.15) is 5.56 Å². The summed E-state index contributed by atoms with van der Waals surface area (Å²) in [6.45, 7) is 0. The van der Waals surface area contributed by atoms with E-state index in [1.807, 2.05) is 0 Å². The van der Waals surface area contributed by atoms with Crippen molar-refractivity contribution in [3.63, 3.8) is 0 Å². The second kappa shape index (κ2) is 6.64. The minimum absolute atomic E-state index is 0.0678. The van der Waals surface area contributed by atoms with Crippen LogP contribution in [0.25, 0.3) is 0 Å². The molecule has 7 nitrogen and oxygen atoms in total. The van der Waals surface area contributed by atoms with E-state index in [-0.39, 0.29) is 11.5 Å². The number of rotatable bonds is 5. The van der Waals surface area contributed by atoms with Crippen LogP contribution in [-0.4, -0.2) is 30.5 Å². The number of nitrogens with one attached hydrogen (secondary N) is 1. The summed E-state index contributed by atoms with van der Waals surface area (Å²) in [7, 11) is 2.94. The highest BCUT2D eigenvalue weighted by atomic mass is 79.9. The Morgan fingerprint density at radius 1 is 1.43 bits per heavy atom. The standard InChI is InChI=1S/C12H13BrN4O3S/c1-19-10-7(13)3-6(9(18)11(10)20-2)4-15-17-12-16-8(14)5-21-12/h3-5,18H,14H2,1-2H3,(H,16,17). The first-order valence-corrected chi connectivity index (χ1v) is 7.37. The normalized spacial score (nSPS) is 10.8. The van der Waals surface area contributed by atoms with E-state index in [0.29, 0.717) is 26.7 Å². The van der Waals surface area contributed by atoms with Gasteiger partial charge in [0.1, 0.15) is 5.82 Å². The van der Waals surface area contributed by atoms with Crippen LogP contribution in [0.5, 0.6) is 17.2 Å². The van der Waals surface area contributed by atoms with Gasteiger partial charge >= 0.3 is 0 Å². The van der Waals surface area contributed by atoms with Crippen molar-refractivity contribution in [1.82, 2.24) is 4.98 Å². The minimum Gasteiger partial charge on any atom is -0.504 e. The third kappa shape index (κ3) is 3.37. The number of aromatic nitrogens is 1. The average Bonchev–Trinajstić information content (AvgIpc) is 2.87. The number of hydrazone groups is 1. The third-order valence-corrected chi connectivity index (χ3v) is 3.84. The predicted octanol–water partition coefficient (Wildman–Crippen LogP) is 2.66. The Kier molecular flexibility index (Phi) is 4.86. The summed E-state index contributed by atoms with van der Waals surface area (Å²) in [5.74, 6) is 0.996. The Morgan fingerprint density at radius 2 is 2.14 bits per heavy atom. The van der Waals surface area contributed by atoms with Crippen LogP contribution >= 0.6 is 27.3 Å². The van der Waals surface area contributed by atoms with E-state index in [9.17, 15) is 5.11 Å². The van der Waals surface area contributed by atoms with Crippen molar-refractivity contribution < 1.29 is 14.6 Å². The molecule has 0 atom stereocenters. The molecular weight excluding hydrogens is 360 g/mol. The predicted molar refractivity (Wildman–Crippen MR) is 86.7 cm³/mol. The highest BCUT2D eigenvalue weighted by Gasteiger charge is 2.17. The zero-order valence-corrected chi connectivity index (χ0v) is 13.7. The van der Waals surface area contributed by atoms with Crippen molar-refractivity contribution in [3.8, 4) is 17.2 Å². The summed E-state index contributed by atoms with van der Waals surface area (Å²) in [6.07, 6.45) is 1.44. The van der Waals surface area contributed by atoms with Crippen LogP contribution in [-0.2, 0) is 0 Å². The van der Waals surface area contributed by atoms with Crippen molar-refractivity contribution >= 4 is 44.4 Å². The highest BCUT2D eigenvalue weighted by molar-refractivity contribution is 9.10. The lowest BCUT2D eigenvalue weighted by Crippen LogP contribution is -1.96. The topological polar surface area (TPSA) is 102 Å². The SMILES string of the molecule is COc1c(Br)cc(C=NNc2nc(N)cs2)c(O)c1OC. The van der Waals surface area contributed by atoms with E-state index >= 15 is 0 Å². The summed E-state index contributed by atoms with van der Waals surface area (Å²) in [4.78, 5) is 4.00. The second-order valence-corrected chi connectivity index (χ2v) is 5.52. The van der Waals surface area contributed by atoms with Crippen LogP contribution in [0.3, 0.4) is 0 Å². The number of nitrogens with two attached hydrogens (primary N) is 1. The van der Waals surface area contributed by atoms with E-state index in [4.69, 9.17) is 15.2 Å². The molecule has 0 bridgehead atoms. The number of benzene rings is 1. The van der Waals surface area contributed by atoms with Crippen molar-refractivity contribution in [1.29, 1.82) is 0 Å². The molecule has 0 aliphatic rings. The fraction of sp³-hybridized carbons (Fsp3) is 0.167. The van der Waals surface area contributed by atoms with Gasteiger partial charge in [-0.3, -0.25) is 5.43 Å². The lowest BCUT2D eigenvalue weighted by atomic mass is 10.2. The van der Waals surface area contributed by atoms with E-state index in [0.717, 1.165) is 0 Å². The van der Waals surface area contributed by atoms with Gasteiger partial charge in [-0.05, 0) is 22.0 Å². The number of nitrogen functional groups attached to an aromatic ring is 1. The number of methoxy groups -OCH3 is 2. The number of halogens is 1. The molecule has 0 saturated heterocycles. The van der Waals surface area contributed by atoms with Crippen LogP contribution in [0.4, 0.5) is 10.9 Å². The van der Waals surface area contributed by atoms with Gasteiger partial charge in [0.15, 0.2) is 11.5 Å². The third-order valence-electron chi connectivity index (χ3n) is 2.49. The number of aromatic hydroxyl groups is 1. The summed E-state index contributed by atoms with van der Waals surface area (Å²) in [6, 6.07) is 1.66. The number of anilines is 2. The molecule has 9 heteroatoms. The molecule has 1 aromatic heterocycles. The number of nitrogens with zero attached hydrogens (tertiary/aromatic N) is 2. The van der Waals surface area contributed by atoms with Gasteiger partial charge in [-0.25, -0.2) is 4.98 Å². The molecule has 112 valence electrons. The molecule has 0 aliphatic carbocycles. The van der Waals surface area contributed by atoms with Crippen molar-refractivity contribution in [2.75, 3.05) is 25.4 Å². The van der Waals surface area contributed by atoms with Gasteiger partial charge in [0.25, 0.3) is 0 Å². The molecule has 4 N–H and O–H groups in total. The molecule has 0 amide bonds. The van der Waals surface area contributed by atoms with Gasteiger partial charge < -0.3 is 20.3 Å². The van der Waals surface area contributed by atoms with Gasteiger partial charge in [-0.1, -0.05) is 0 Å². The molecule has 2 aromatic rings. The zero-order chi connectivity index (χ0) is 15.4. The molecule has 1 aromatic carbocycles. The molecule has 0 radical (unpaired) electrons. The maximum absolute atomic E-state index is 10.1. The summed E-state index contributed by atoms with van der Waals surface area (Å²) < 4.78 is 10.9. The van der Waals surface area contributed by atoms with E-state index in [1.54, 1.807) is 11.4 Å². The average molecular weight is 373 g/mol. The largest absolute Gasteiger partial charge is 0.504 e. The van der Waals surface area contributed by atoms with E-state index < -0.39 is 0 Å². The summed E-state index contributed by atoms with van der Waals surface area (Å²) in [5.41, 5.74) is 8.69. The Bertz CT molecular complexity index is 675. The molecule has 0 unspecified atom stereocenters. The number of phenols is 1. The van der Waals surface area contributed by atoms with Gasteiger partial charge in [0, 0.05) is 10.9 Å². The summed E-state index contributed by atoms with van der Waals surface area (Å²) >= 11 is 4.68. The zero-order valence-electron chi connectivity index (χ0n) is 11.3.